The van der Waals surface area contributed by atoms with Crippen LogP contribution in [0.2, 0.25) is 0 Å². The van der Waals surface area contributed by atoms with Gasteiger partial charge in [-0.15, -0.1) is 0 Å². The van der Waals surface area contributed by atoms with Crippen molar-refractivity contribution in [2.45, 2.75) is 65.2 Å². The summed E-state index contributed by atoms with van der Waals surface area (Å²) in [6.07, 6.45) is 1.18. The number of hydrogen-bond donors (Lipinski definition) is 0. The van der Waals surface area contributed by atoms with Crippen LogP contribution in [0.4, 0.5) is 0 Å². The Kier molecular flexibility index (Phi) is 7.84. The first kappa shape index (κ1) is 33.4. The van der Waals surface area contributed by atoms with Crippen LogP contribution < -0.4 is 18.9 Å². The monoisotopic (exact) mass is 680 g/mol. The molecule has 50 heavy (non-hydrogen) atoms. The van der Waals surface area contributed by atoms with Gasteiger partial charge in [-0.2, -0.15) is 0 Å². The summed E-state index contributed by atoms with van der Waals surface area (Å²) < 4.78 is 35.3. The number of ether oxygens (including phenoxy) is 6. The first-order valence-corrected chi connectivity index (χ1v) is 16.6. The van der Waals surface area contributed by atoms with Gasteiger partial charge in [0, 0.05) is 60.1 Å². The van der Waals surface area contributed by atoms with E-state index in [-0.39, 0.29) is 47.1 Å². The minimum atomic E-state index is -0.985. The van der Waals surface area contributed by atoms with Gasteiger partial charge in [-0.1, -0.05) is 39.8 Å². The van der Waals surface area contributed by atoms with Crippen LogP contribution in [0.5, 0.6) is 23.0 Å². The number of methoxy groups -OCH3 is 4. The predicted octanol–water partition coefficient (Wildman–Crippen LogP) is 6.60. The molecule has 10 nitrogen and oxygen atoms in total. The average Bonchev–Trinajstić information content (AvgIpc) is 3.07. The molecule has 2 aromatic rings. The minimum absolute atomic E-state index is 0.00471. The summed E-state index contributed by atoms with van der Waals surface area (Å²) in [5.41, 5.74) is 0.723. The highest BCUT2D eigenvalue weighted by molar-refractivity contribution is 6.27. The maximum Gasteiger partial charge on any atom is 0.229 e. The molecule has 0 spiro atoms. The first-order chi connectivity index (χ1) is 23.7. The number of Topliss-reactive ketones (excluding diaryl/α,β-unsaturated/α-hetero) is 4. The number of ketones is 4. The van der Waals surface area contributed by atoms with Gasteiger partial charge in [-0.3, -0.25) is 19.2 Å². The van der Waals surface area contributed by atoms with E-state index in [0.29, 0.717) is 69.6 Å². The molecule has 0 N–H and O–H groups in total. The van der Waals surface area contributed by atoms with E-state index in [1.54, 1.807) is 36.4 Å². The van der Waals surface area contributed by atoms with E-state index in [0.717, 1.165) is 0 Å². The zero-order valence-corrected chi connectivity index (χ0v) is 29.5. The van der Waals surface area contributed by atoms with Crippen molar-refractivity contribution in [2.24, 2.45) is 10.8 Å². The largest absolute Gasteiger partial charge is 0.497 e. The van der Waals surface area contributed by atoms with Crippen LogP contribution in [0.15, 0.2) is 81.7 Å². The zero-order valence-electron chi connectivity index (χ0n) is 29.5. The molecule has 2 atom stereocenters. The third kappa shape index (κ3) is 5.15. The Morgan fingerprint density at radius 3 is 1.26 bits per heavy atom. The van der Waals surface area contributed by atoms with Crippen molar-refractivity contribution in [3.63, 3.8) is 0 Å². The molecule has 2 heterocycles. The number of allylic oxidation sites excluding steroid dienone is 6. The summed E-state index contributed by atoms with van der Waals surface area (Å²) in [7, 11) is 6.05. The Hall–Kier alpha value is -5.12. The van der Waals surface area contributed by atoms with Crippen LogP contribution in [-0.4, -0.2) is 51.6 Å². The highest BCUT2D eigenvalue weighted by Gasteiger charge is 2.55. The third-order valence-electron chi connectivity index (χ3n) is 10.3. The molecule has 10 heteroatoms. The predicted molar refractivity (Wildman–Crippen MR) is 181 cm³/mol. The fourth-order valence-electron chi connectivity index (χ4n) is 8.08. The number of rotatable bonds is 6. The van der Waals surface area contributed by atoms with Crippen LogP contribution in [0.3, 0.4) is 0 Å². The Bertz CT molecular complexity index is 1890. The van der Waals surface area contributed by atoms with Crippen molar-refractivity contribution >= 4 is 23.1 Å². The van der Waals surface area contributed by atoms with Crippen LogP contribution >= 0.6 is 0 Å². The lowest BCUT2D eigenvalue weighted by molar-refractivity contribution is -0.124. The van der Waals surface area contributed by atoms with E-state index >= 15 is 9.59 Å². The molecule has 0 amide bonds. The molecule has 260 valence electrons. The summed E-state index contributed by atoms with van der Waals surface area (Å²) in [5, 5.41) is 0. The third-order valence-corrected chi connectivity index (χ3v) is 10.3. The second kappa shape index (κ2) is 11.7. The Morgan fingerprint density at radius 1 is 0.540 bits per heavy atom. The van der Waals surface area contributed by atoms with Gasteiger partial charge in [0.05, 0.1) is 51.4 Å². The SMILES string of the molecule is COc1ccc(C2C3=C(CC(C)(C)CC3=O)OC3=C2C(=O)C2=C(C3=O)C(c3ccc(OC)cc3OC)C3=C(CC(C)(C)CC3=O)O2)c(OC)c1. The maximum absolute atomic E-state index is 15.1. The summed E-state index contributed by atoms with van der Waals surface area (Å²) in [5.74, 6) is -1.43. The number of hydrogen-bond acceptors (Lipinski definition) is 10. The van der Waals surface area contributed by atoms with Gasteiger partial charge in [0.25, 0.3) is 0 Å². The molecule has 3 aliphatic carbocycles. The summed E-state index contributed by atoms with van der Waals surface area (Å²) >= 11 is 0. The molecular weight excluding hydrogens is 640 g/mol. The van der Waals surface area contributed by atoms with Gasteiger partial charge in [0.15, 0.2) is 23.1 Å². The fraction of sp³-hybridized carbons (Fsp3) is 0.400. The number of carbonyl (C=O) groups excluding carboxylic acids is 4. The Labute approximate surface area is 290 Å². The van der Waals surface area contributed by atoms with Crippen LogP contribution in [0, 0.1) is 10.8 Å². The van der Waals surface area contributed by atoms with E-state index in [1.807, 2.05) is 27.7 Å². The molecule has 0 fully saturated rings. The second-order valence-corrected chi connectivity index (χ2v) is 15.0. The van der Waals surface area contributed by atoms with Crippen molar-refractivity contribution in [1.29, 1.82) is 0 Å². The van der Waals surface area contributed by atoms with Crippen molar-refractivity contribution in [1.82, 2.24) is 0 Å². The molecule has 0 aromatic heterocycles. The van der Waals surface area contributed by atoms with Gasteiger partial charge in [-0.25, -0.2) is 0 Å². The normalized spacial score (nSPS) is 23.8. The maximum atomic E-state index is 15.1. The smallest absolute Gasteiger partial charge is 0.229 e. The first-order valence-electron chi connectivity index (χ1n) is 16.6. The standard InChI is InChI=1S/C40H40O10/c1-39(2)15-23(41)31-27(17-39)49-37-33(29(31)21-11-9-19(45-5)13-25(21)47-7)36(44)38-34(35(37)43)30(22-12-10-20(46-6)14-26(22)48-8)32-24(42)16-40(3,4)18-28(32)50-38/h9-14,29-30H,15-18H2,1-8H3. The molecular formula is C40H40O10. The molecule has 2 aromatic carbocycles. The van der Waals surface area contributed by atoms with E-state index in [9.17, 15) is 9.59 Å². The lowest BCUT2D eigenvalue weighted by Crippen LogP contribution is -2.42. The van der Waals surface area contributed by atoms with Crippen molar-refractivity contribution in [3.8, 4) is 23.0 Å². The van der Waals surface area contributed by atoms with Crippen molar-refractivity contribution in [3.05, 3.63) is 92.9 Å². The molecule has 0 saturated carbocycles. The van der Waals surface area contributed by atoms with Gasteiger partial charge in [0.2, 0.25) is 11.6 Å². The van der Waals surface area contributed by atoms with Gasteiger partial charge in [-0.05, 0) is 23.0 Å². The molecule has 2 aliphatic heterocycles. The highest BCUT2D eigenvalue weighted by atomic mass is 16.5. The fourth-order valence-corrected chi connectivity index (χ4v) is 8.08. The quantitative estimate of drug-likeness (QED) is 0.309. The van der Waals surface area contributed by atoms with Gasteiger partial charge < -0.3 is 28.4 Å². The minimum Gasteiger partial charge on any atom is -0.497 e. The van der Waals surface area contributed by atoms with Gasteiger partial charge in [0.1, 0.15) is 34.5 Å². The van der Waals surface area contributed by atoms with E-state index in [2.05, 4.69) is 0 Å². The molecule has 0 saturated heterocycles. The summed E-state index contributed by atoms with van der Waals surface area (Å²) in [6.45, 7) is 7.85. The van der Waals surface area contributed by atoms with Crippen LogP contribution in [-0.2, 0) is 28.7 Å². The summed E-state index contributed by atoms with van der Waals surface area (Å²) in [6, 6.07) is 10.3. The summed E-state index contributed by atoms with van der Waals surface area (Å²) in [4.78, 5) is 58.2. The lowest BCUT2D eigenvalue weighted by Gasteiger charge is -2.43. The zero-order chi connectivity index (χ0) is 35.9. The topological polar surface area (TPSA) is 124 Å². The second-order valence-electron chi connectivity index (χ2n) is 15.0. The molecule has 5 aliphatic rings. The molecule has 2 unspecified atom stereocenters. The van der Waals surface area contributed by atoms with E-state index in [1.165, 1.54) is 28.4 Å². The Balaban J connectivity index is 1.47. The average molecular weight is 681 g/mol. The highest BCUT2D eigenvalue weighted by Crippen LogP contribution is 2.57. The number of benzene rings is 2. The lowest BCUT2D eigenvalue weighted by atomic mass is 9.65. The van der Waals surface area contributed by atoms with Crippen molar-refractivity contribution < 1.29 is 47.6 Å². The van der Waals surface area contributed by atoms with E-state index in [4.69, 9.17) is 28.4 Å². The van der Waals surface area contributed by atoms with Crippen LogP contribution in [0.1, 0.15) is 76.3 Å². The van der Waals surface area contributed by atoms with E-state index < -0.39 is 34.2 Å². The van der Waals surface area contributed by atoms with Crippen LogP contribution in [0.25, 0.3) is 0 Å². The molecule has 0 radical (unpaired) electrons. The molecule has 0 bridgehead atoms. The van der Waals surface area contributed by atoms with Crippen molar-refractivity contribution in [2.75, 3.05) is 28.4 Å². The molecule has 7 rings (SSSR count). The number of carbonyl (C=O) groups is 4. The Morgan fingerprint density at radius 2 is 0.920 bits per heavy atom. The van der Waals surface area contributed by atoms with Gasteiger partial charge >= 0.3 is 0 Å².